The van der Waals surface area contributed by atoms with Crippen molar-refractivity contribution in [2.45, 2.75) is 32.7 Å². The fourth-order valence-corrected chi connectivity index (χ4v) is 2.25. The summed E-state index contributed by atoms with van der Waals surface area (Å²) in [7, 11) is 5.01. The summed E-state index contributed by atoms with van der Waals surface area (Å²) in [5.74, 6) is 2.28. The summed E-state index contributed by atoms with van der Waals surface area (Å²) >= 11 is 0. The number of benzene rings is 1. The minimum Gasteiger partial charge on any atom is -0.493 e. The zero-order chi connectivity index (χ0) is 17.6. The number of hydrogen-bond donors (Lipinski definition) is 2. The molecule has 0 unspecified atom stereocenters. The minimum atomic E-state index is 0. The highest BCUT2D eigenvalue weighted by Crippen LogP contribution is 2.27. The third-order valence-electron chi connectivity index (χ3n) is 3.53. The summed E-state index contributed by atoms with van der Waals surface area (Å²) in [5, 5.41) is 6.63. The molecule has 2 N–H and O–H groups in total. The van der Waals surface area contributed by atoms with Crippen LogP contribution in [0.2, 0.25) is 0 Å². The standard InChI is InChI=1S/C18H31N3O3.HI/c1-5-19-18(20-11-7-6-8-12-22-2)21-14-15-9-10-16(23-3)17(13-15)24-4;/h9-10,13H,5-8,11-12,14H2,1-4H3,(H2,19,20,21);1H. The third-order valence-corrected chi connectivity index (χ3v) is 3.53. The molecule has 25 heavy (non-hydrogen) atoms. The predicted octanol–water partition coefficient (Wildman–Crippen LogP) is 3.19. The Bertz CT molecular complexity index is 498. The lowest BCUT2D eigenvalue weighted by Crippen LogP contribution is -2.37. The monoisotopic (exact) mass is 465 g/mol. The van der Waals surface area contributed by atoms with Gasteiger partial charge < -0.3 is 24.8 Å². The molecule has 0 amide bonds. The van der Waals surface area contributed by atoms with Crippen LogP contribution in [0.15, 0.2) is 23.2 Å². The fraction of sp³-hybridized carbons (Fsp3) is 0.611. The highest BCUT2D eigenvalue weighted by molar-refractivity contribution is 14.0. The van der Waals surface area contributed by atoms with E-state index in [0.717, 1.165) is 62.0 Å². The number of ether oxygens (including phenoxy) is 3. The lowest BCUT2D eigenvalue weighted by atomic mass is 10.2. The zero-order valence-corrected chi connectivity index (χ0v) is 18.1. The number of methoxy groups -OCH3 is 3. The molecule has 1 rings (SSSR count). The molecule has 1 aromatic rings. The molecule has 7 heteroatoms. The number of unbranched alkanes of at least 4 members (excludes halogenated alkanes) is 2. The number of nitrogens with one attached hydrogen (secondary N) is 2. The van der Waals surface area contributed by atoms with Crippen LogP contribution in [-0.4, -0.2) is 47.0 Å². The highest BCUT2D eigenvalue weighted by Gasteiger charge is 2.04. The number of rotatable bonds is 11. The minimum absolute atomic E-state index is 0. The molecular weight excluding hydrogens is 433 g/mol. The van der Waals surface area contributed by atoms with Crippen LogP contribution in [0.1, 0.15) is 31.7 Å². The average Bonchev–Trinajstić information content (AvgIpc) is 2.62. The van der Waals surface area contributed by atoms with Crippen LogP contribution in [0.3, 0.4) is 0 Å². The summed E-state index contributed by atoms with van der Waals surface area (Å²) in [5.41, 5.74) is 1.07. The first-order valence-corrected chi connectivity index (χ1v) is 8.47. The van der Waals surface area contributed by atoms with Crippen molar-refractivity contribution in [3.05, 3.63) is 23.8 Å². The van der Waals surface area contributed by atoms with Crippen LogP contribution in [-0.2, 0) is 11.3 Å². The van der Waals surface area contributed by atoms with Crippen molar-refractivity contribution in [3.8, 4) is 11.5 Å². The maximum Gasteiger partial charge on any atom is 0.191 e. The van der Waals surface area contributed by atoms with E-state index in [2.05, 4.69) is 22.5 Å². The molecule has 0 aliphatic heterocycles. The molecule has 0 bridgehead atoms. The molecule has 0 aliphatic carbocycles. The Hall–Kier alpha value is -1.22. The second-order valence-electron chi connectivity index (χ2n) is 5.36. The van der Waals surface area contributed by atoms with Crippen LogP contribution < -0.4 is 20.1 Å². The molecule has 0 radical (unpaired) electrons. The van der Waals surface area contributed by atoms with E-state index >= 15 is 0 Å². The lowest BCUT2D eigenvalue weighted by molar-refractivity contribution is 0.192. The quantitative estimate of drug-likeness (QED) is 0.228. The van der Waals surface area contributed by atoms with E-state index in [1.54, 1.807) is 21.3 Å². The van der Waals surface area contributed by atoms with E-state index in [1.807, 2.05) is 18.2 Å². The molecule has 0 heterocycles. The SMILES string of the molecule is CCNC(=NCc1ccc(OC)c(OC)c1)NCCCCCOC.I. The summed E-state index contributed by atoms with van der Waals surface area (Å²) in [6.45, 7) is 5.21. The molecule has 0 saturated carbocycles. The summed E-state index contributed by atoms with van der Waals surface area (Å²) < 4.78 is 15.6. The Kier molecular flexibility index (Phi) is 14.3. The molecule has 0 fully saturated rings. The van der Waals surface area contributed by atoms with E-state index in [1.165, 1.54) is 0 Å². The van der Waals surface area contributed by atoms with E-state index in [-0.39, 0.29) is 24.0 Å². The number of hydrogen-bond acceptors (Lipinski definition) is 4. The van der Waals surface area contributed by atoms with Gasteiger partial charge in [0.1, 0.15) is 0 Å². The maximum atomic E-state index is 5.33. The Morgan fingerprint density at radius 2 is 1.76 bits per heavy atom. The van der Waals surface area contributed by atoms with E-state index in [0.29, 0.717) is 6.54 Å². The number of halogens is 1. The second-order valence-corrected chi connectivity index (χ2v) is 5.36. The van der Waals surface area contributed by atoms with Crippen LogP contribution in [0.25, 0.3) is 0 Å². The summed E-state index contributed by atoms with van der Waals surface area (Å²) in [6.07, 6.45) is 3.34. The summed E-state index contributed by atoms with van der Waals surface area (Å²) in [6, 6.07) is 5.86. The van der Waals surface area contributed by atoms with Crippen molar-refractivity contribution in [3.63, 3.8) is 0 Å². The van der Waals surface area contributed by atoms with Gasteiger partial charge in [-0.2, -0.15) is 0 Å². The molecule has 0 atom stereocenters. The van der Waals surface area contributed by atoms with Crippen molar-refractivity contribution in [1.29, 1.82) is 0 Å². The van der Waals surface area contributed by atoms with Crippen molar-refractivity contribution in [2.75, 3.05) is 41.0 Å². The summed E-state index contributed by atoms with van der Waals surface area (Å²) in [4.78, 5) is 4.62. The van der Waals surface area contributed by atoms with Crippen molar-refractivity contribution < 1.29 is 14.2 Å². The van der Waals surface area contributed by atoms with E-state index in [9.17, 15) is 0 Å². The van der Waals surface area contributed by atoms with Gasteiger partial charge in [0.2, 0.25) is 0 Å². The lowest BCUT2D eigenvalue weighted by Gasteiger charge is -2.12. The topological polar surface area (TPSA) is 64.1 Å². The first-order chi connectivity index (χ1) is 11.7. The molecule has 144 valence electrons. The van der Waals surface area contributed by atoms with Gasteiger partial charge in [-0.05, 0) is 43.9 Å². The average molecular weight is 465 g/mol. The molecule has 0 aliphatic rings. The predicted molar refractivity (Wildman–Crippen MR) is 114 cm³/mol. The Morgan fingerprint density at radius 3 is 2.40 bits per heavy atom. The van der Waals surface area contributed by atoms with Gasteiger partial charge in [0.25, 0.3) is 0 Å². The molecular formula is C18H32IN3O3. The van der Waals surface area contributed by atoms with Gasteiger partial charge >= 0.3 is 0 Å². The Labute approximate surface area is 168 Å². The van der Waals surface area contributed by atoms with Gasteiger partial charge in [0, 0.05) is 26.8 Å². The van der Waals surface area contributed by atoms with E-state index < -0.39 is 0 Å². The first kappa shape index (κ1) is 23.8. The second kappa shape index (κ2) is 15.1. The smallest absolute Gasteiger partial charge is 0.191 e. The Balaban J connectivity index is 0.00000576. The van der Waals surface area contributed by atoms with Gasteiger partial charge in [-0.25, -0.2) is 4.99 Å². The maximum absolute atomic E-state index is 5.33. The highest BCUT2D eigenvalue weighted by atomic mass is 127. The van der Waals surface area contributed by atoms with Gasteiger partial charge in [-0.1, -0.05) is 6.07 Å². The number of nitrogens with zero attached hydrogens (tertiary/aromatic N) is 1. The first-order valence-electron chi connectivity index (χ1n) is 8.47. The van der Waals surface area contributed by atoms with Crippen molar-refractivity contribution in [2.24, 2.45) is 4.99 Å². The Morgan fingerprint density at radius 1 is 1.00 bits per heavy atom. The third kappa shape index (κ3) is 9.74. The molecule has 0 aromatic heterocycles. The van der Waals surface area contributed by atoms with Gasteiger partial charge in [-0.3, -0.25) is 0 Å². The van der Waals surface area contributed by atoms with Crippen LogP contribution >= 0.6 is 24.0 Å². The zero-order valence-electron chi connectivity index (χ0n) is 15.8. The normalized spacial score (nSPS) is 10.8. The van der Waals surface area contributed by atoms with Crippen molar-refractivity contribution in [1.82, 2.24) is 10.6 Å². The van der Waals surface area contributed by atoms with Gasteiger partial charge in [-0.15, -0.1) is 24.0 Å². The largest absolute Gasteiger partial charge is 0.493 e. The number of aliphatic imine (C=N–C) groups is 1. The van der Waals surface area contributed by atoms with E-state index in [4.69, 9.17) is 14.2 Å². The van der Waals surface area contributed by atoms with Crippen LogP contribution in [0.5, 0.6) is 11.5 Å². The van der Waals surface area contributed by atoms with Crippen molar-refractivity contribution >= 4 is 29.9 Å². The molecule has 0 saturated heterocycles. The molecule has 0 spiro atoms. The van der Waals surface area contributed by atoms with Crippen LogP contribution in [0.4, 0.5) is 0 Å². The number of guanidine groups is 1. The van der Waals surface area contributed by atoms with Gasteiger partial charge in [0.15, 0.2) is 17.5 Å². The fourth-order valence-electron chi connectivity index (χ4n) is 2.25. The molecule has 6 nitrogen and oxygen atoms in total. The van der Waals surface area contributed by atoms with Gasteiger partial charge in [0.05, 0.1) is 20.8 Å². The molecule has 1 aromatic carbocycles. The van der Waals surface area contributed by atoms with Crippen LogP contribution in [0, 0.1) is 0 Å².